The Morgan fingerprint density at radius 2 is 2.14 bits per heavy atom. The van der Waals surface area contributed by atoms with Crippen molar-refractivity contribution in [1.82, 2.24) is 10.2 Å². The van der Waals surface area contributed by atoms with Gasteiger partial charge >= 0.3 is 12.0 Å². The lowest BCUT2D eigenvalue weighted by Crippen LogP contribution is -2.42. The second kappa shape index (κ2) is 6.58. The van der Waals surface area contributed by atoms with Gasteiger partial charge in [0.2, 0.25) is 0 Å². The molecule has 6 nitrogen and oxygen atoms in total. The van der Waals surface area contributed by atoms with Gasteiger partial charge in [0.15, 0.2) is 0 Å². The highest BCUT2D eigenvalue weighted by molar-refractivity contribution is 5.97. The number of carbonyl (C=O) groups is 2. The molecule has 1 aromatic carbocycles. The van der Waals surface area contributed by atoms with Crippen molar-refractivity contribution in [3.05, 3.63) is 29.8 Å². The van der Waals surface area contributed by atoms with Gasteiger partial charge in [0, 0.05) is 25.8 Å². The van der Waals surface area contributed by atoms with Crippen molar-refractivity contribution < 1.29 is 14.7 Å². The predicted octanol–water partition coefficient (Wildman–Crippen LogP) is 1.34. The van der Waals surface area contributed by atoms with Crippen LogP contribution in [0.2, 0.25) is 0 Å². The Labute approximate surface area is 124 Å². The van der Waals surface area contributed by atoms with Crippen molar-refractivity contribution in [2.45, 2.75) is 12.3 Å². The van der Waals surface area contributed by atoms with Gasteiger partial charge < -0.3 is 15.3 Å². The molecule has 0 saturated heterocycles. The summed E-state index contributed by atoms with van der Waals surface area (Å²) in [4.78, 5) is 27.1. The van der Waals surface area contributed by atoms with Gasteiger partial charge in [-0.3, -0.25) is 9.69 Å². The highest BCUT2D eigenvalue weighted by atomic mass is 16.4. The Balaban J connectivity index is 2.14. The van der Waals surface area contributed by atoms with E-state index in [0.717, 1.165) is 13.0 Å². The number of carboxylic acid groups (broad SMARTS) is 1. The summed E-state index contributed by atoms with van der Waals surface area (Å²) >= 11 is 0. The third-order valence-electron chi connectivity index (χ3n) is 3.74. The topological polar surface area (TPSA) is 72.9 Å². The number of carboxylic acids is 1. The average molecular weight is 291 g/mol. The fourth-order valence-corrected chi connectivity index (χ4v) is 2.59. The number of nitrogens with one attached hydrogen (secondary N) is 1. The highest BCUT2D eigenvalue weighted by Gasteiger charge is 2.37. The quantitative estimate of drug-likeness (QED) is 0.803. The second-order valence-corrected chi connectivity index (χ2v) is 5.22. The molecule has 0 aromatic heterocycles. The van der Waals surface area contributed by atoms with Crippen molar-refractivity contribution >= 4 is 17.7 Å². The van der Waals surface area contributed by atoms with E-state index in [-0.39, 0.29) is 12.6 Å². The molecule has 0 aliphatic carbocycles. The van der Waals surface area contributed by atoms with E-state index in [1.807, 2.05) is 13.1 Å². The lowest BCUT2D eigenvalue weighted by molar-refractivity contribution is -0.138. The zero-order valence-corrected chi connectivity index (χ0v) is 12.4. The Morgan fingerprint density at radius 1 is 1.43 bits per heavy atom. The minimum atomic E-state index is -0.893. The van der Waals surface area contributed by atoms with E-state index in [1.165, 1.54) is 0 Å². The minimum absolute atomic E-state index is 0.151. The molecular weight excluding hydrogens is 270 g/mol. The molecule has 1 aliphatic rings. The molecule has 2 N–H and O–H groups in total. The number of nitrogens with zero attached hydrogens (tertiary/aromatic N) is 2. The number of amides is 2. The monoisotopic (exact) mass is 291 g/mol. The number of para-hydroxylation sites is 1. The summed E-state index contributed by atoms with van der Waals surface area (Å²) in [6, 6.07) is 7.06. The van der Waals surface area contributed by atoms with Crippen molar-refractivity contribution in [2.75, 3.05) is 38.6 Å². The van der Waals surface area contributed by atoms with Crippen LogP contribution < -0.4 is 10.2 Å². The van der Waals surface area contributed by atoms with Crippen molar-refractivity contribution in [3.8, 4) is 0 Å². The van der Waals surface area contributed by atoms with Crippen LogP contribution in [0.25, 0.3) is 0 Å². The molecule has 1 aliphatic heterocycles. The molecule has 1 unspecified atom stereocenters. The number of anilines is 1. The summed E-state index contributed by atoms with van der Waals surface area (Å²) in [6.07, 6.45) is 0.858. The van der Waals surface area contributed by atoms with Crippen LogP contribution in [0.5, 0.6) is 0 Å². The molecule has 21 heavy (non-hydrogen) atoms. The van der Waals surface area contributed by atoms with E-state index in [0.29, 0.717) is 17.8 Å². The number of benzene rings is 1. The molecule has 0 fully saturated rings. The zero-order valence-electron chi connectivity index (χ0n) is 12.4. The van der Waals surface area contributed by atoms with E-state index in [1.54, 1.807) is 35.0 Å². The molecule has 2 amide bonds. The van der Waals surface area contributed by atoms with E-state index in [9.17, 15) is 14.7 Å². The normalized spacial score (nSPS) is 16.7. The molecule has 1 aromatic rings. The smallest absolute Gasteiger partial charge is 0.324 e. The fourth-order valence-electron chi connectivity index (χ4n) is 2.59. The van der Waals surface area contributed by atoms with E-state index < -0.39 is 11.9 Å². The fraction of sp³-hybridized carbons (Fsp3) is 0.467. The Morgan fingerprint density at radius 3 is 2.81 bits per heavy atom. The van der Waals surface area contributed by atoms with Crippen LogP contribution in [0, 0.1) is 0 Å². The summed E-state index contributed by atoms with van der Waals surface area (Å²) in [5, 5.41) is 12.4. The molecule has 0 bridgehead atoms. The van der Waals surface area contributed by atoms with Crippen LogP contribution in [-0.2, 0) is 4.79 Å². The third-order valence-corrected chi connectivity index (χ3v) is 3.74. The van der Waals surface area contributed by atoms with E-state index >= 15 is 0 Å². The summed E-state index contributed by atoms with van der Waals surface area (Å²) in [5.41, 5.74) is 1.41. The van der Waals surface area contributed by atoms with Gasteiger partial charge in [0.25, 0.3) is 0 Å². The lowest BCUT2D eigenvalue weighted by Gasteiger charge is -2.25. The van der Waals surface area contributed by atoms with E-state index in [4.69, 9.17) is 0 Å². The summed E-state index contributed by atoms with van der Waals surface area (Å²) in [5.74, 6) is -1.54. The van der Waals surface area contributed by atoms with Gasteiger partial charge in [-0.25, -0.2) is 4.79 Å². The summed E-state index contributed by atoms with van der Waals surface area (Å²) in [6.45, 7) is 1.67. The first kappa shape index (κ1) is 15.3. The SMILES string of the molecule is CNCCCN(C)C(=O)N1CC(C(=O)O)c2ccccc21. The molecule has 1 atom stereocenters. The van der Waals surface area contributed by atoms with Crippen LogP contribution in [0.1, 0.15) is 17.9 Å². The molecule has 6 heteroatoms. The number of carbonyl (C=O) groups excluding carboxylic acids is 1. The summed E-state index contributed by atoms with van der Waals surface area (Å²) < 4.78 is 0. The molecule has 0 radical (unpaired) electrons. The molecule has 114 valence electrons. The number of urea groups is 1. The molecule has 0 spiro atoms. The van der Waals surface area contributed by atoms with Gasteiger partial charge in [-0.1, -0.05) is 18.2 Å². The Kier molecular flexibility index (Phi) is 4.80. The maximum Gasteiger partial charge on any atom is 0.324 e. The van der Waals surface area contributed by atoms with Crippen molar-refractivity contribution in [1.29, 1.82) is 0 Å². The van der Waals surface area contributed by atoms with Crippen molar-refractivity contribution in [3.63, 3.8) is 0 Å². The van der Waals surface area contributed by atoms with Gasteiger partial charge in [0.05, 0.1) is 0 Å². The average Bonchev–Trinajstić information content (AvgIpc) is 2.86. The van der Waals surface area contributed by atoms with Crippen LogP contribution in [-0.4, -0.2) is 55.7 Å². The maximum absolute atomic E-state index is 12.5. The van der Waals surface area contributed by atoms with Gasteiger partial charge in [-0.15, -0.1) is 0 Å². The first-order valence-corrected chi connectivity index (χ1v) is 7.05. The number of aliphatic carboxylic acids is 1. The van der Waals surface area contributed by atoms with Crippen LogP contribution >= 0.6 is 0 Å². The van der Waals surface area contributed by atoms with Gasteiger partial charge in [0.1, 0.15) is 5.92 Å². The number of fused-ring (bicyclic) bond motifs is 1. The minimum Gasteiger partial charge on any atom is -0.481 e. The number of rotatable bonds is 5. The maximum atomic E-state index is 12.5. The molecule has 1 heterocycles. The molecule has 2 rings (SSSR count). The zero-order chi connectivity index (χ0) is 15.4. The second-order valence-electron chi connectivity index (χ2n) is 5.22. The summed E-state index contributed by atoms with van der Waals surface area (Å²) in [7, 11) is 3.62. The number of hydrogen-bond donors (Lipinski definition) is 2. The van der Waals surface area contributed by atoms with Crippen LogP contribution in [0.4, 0.5) is 10.5 Å². The van der Waals surface area contributed by atoms with Crippen LogP contribution in [0.15, 0.2) is 24.3 Å². The van der Waals surface area contributed by atoms with E-state index in [2.05, 4.69) is 5.32 Å². The molecular formula is C15H21N3O3. The van der Waals surface area contributed by atoms with Crippen molar-refractivity contribution in [2.24, 2.45) is 0 Å². The number of hydrogen-bond acceptors (Lipinski definition) is 3. The Hall–Kier alpha value is -2.08. The lowest BCUT2D eigenvalue weighted by atomic mass is 10.0. The van der Waals surface area contributed by atoms with Crippen LogP contribution in [0.3, 0.4) is 0 Å². The predicted molar refractivity (Wildman–Crippen MR) is 80.7 cm³/mol. The Bertz CT molecular complexity index is 533. The molecule has 0 saturated carbocycles. The largest absolute Gasteiger partial charge is 0.481 e. The van der Waals surface area contributed by atoms with Gasteiger partial charge in [-0.2, -0.15) is 0 Å². The third kappa shape index (κ3) is 3.16. The first-order valence-electron chi connectivity index (χ1n) is 7.05. The highest BCUT2D eigenvalue weighted by Crippen LogP contribution is 2.36. The van der Waals surface area contributed by atoms with Gasteiger partial charge in [-0.05, 0) is 31.6 Å². The standard InChI is InChI=1S/C15H21N3O3/c1-16-8-5-9-17(2)15(21)18-10-12(14(19)20)11-6-3-4-7-13(11)18/h3-4,6-7,12,16H,5,8-10H2,1-2H3,(H,19,20). The first-order chi connectivity index (χ1) is 10.1.